The number of nitrogens with one attached hydrogen (secondary N) is 1. The lowest BCUT2D eigenvalue weighted by Crippen LogP contribution is -2.67. The molecule has 19 heavy (non-hydrogen) atoms. The Morgan fingerprint density at radius 2 is 2.16 bits per heavy atom. The van der Waals surface area contributed by atoms with E-state index in [9.17, 15) is 9.59 Å². The van der Waals surface area contributed by atoms with Crippen molar-refractivity contribution in [2.75, 3.05) is 0 Å². The molecule has 1 aromatic rings. The maximum absolute atomic E-state index is 12.6. The lowest BCUT2D eigenvalue weighted by molar-refractivity contribution is -0.155. The molecule has 0 spiro atoms. The van der Waals surface area contributed by atoms with Crippen LogP contribution in [0.5, 0.6) is 0 Å². The molecule has 1 saturated heterocycles. The molecule has 1 aliphatic rings. The van der Waals surface area contributed by atoms with Crippen LogP contribution in [0.3, 0.4) is 0 Å². The fourth-order valence-electron chi connectivity index (χ4n) is 2.52. The largest absolute Gasteiger partial charge is 0.340 e. The molecule has 0 bridgehead atoms. The highest BCUT2D eigenvalue weighted by atomic mass is 32.1. The van der Waals surface area contributed by atoms with Crippen LogP contribution < -0.4 is 5.32 Å². The van der Waals surface area contributed by atoms with Crippen molar-refractivity contribution < 1.29 is 9.59 Å². The number of carbonyl (C=O) groups excluding carboxylic acids is 2. The molecule has 2 atom stereocenters. The van der Waals surface area contributed by atoms with Crippen LogP contribution in [0.15, 0.2) is 17.5 Å². The van der Waals surface area contributed by atoms with Crippen molar-refractivity contribution in [3.8, 4) is 0 Å². The first-order chi connectivity index (χ1) is 8.88. The van der Waals surface area contributed by atoms with Crippen molar-refractivity contribution >= 4 is 23.2 Å². The molecule has 1 N–H and O–H groups in total. The topological polar surface area (TPSA) is 49.4 Å². The molecular formula is C14H20N2O2S. The molecule has 104 valence electrons. The van der Waals surface area contributed by atoms with Gasteiger partial charge in [-0.15, -0.1) is 11.3 Å². The van der Waals surface area contributed by atoms with Crippen LogP contribution in [-0.4, -0.2) is 28.3 Å². The minimum Gasteiger partial charge on any atom is -0.340 e. The Bertz CT molecular complexity index is 482. The third kappa shape index (κ3) is 2.39. The third-order valence-electron chi connectivity index (χ3n) is 3.60. The van der Waals surface area contributed by atoms with Gasteiger partial charge in [0.25, 0.3) is 0 Å². The van der Waals surface area contributed by atoms with E-state index in [4.69, 9.17) is 0 Å². The summed E-state index contributed by atoms with van der Waals surface area (Å²) in [4.78, 5) is 27.5. The van der Waals surface area contributed by atoms with Gasteiger partial charge >= 0.3 is 0 Å². The lowest BCUT2D eigenvalue weighted by Gasteiger charge is -2.45. The summed E-state index contributed by atoms with van der Waals surface area (Å²) in [6.07, 6.45) is 0.806. The maximum Gasteiger partial charge on any atom is 0.248 e. The Morgan fingerprint density at radius 1 is 1.47 bits per heavy atom. The molecular weight excluding hydrogens is 260 g/mol. The zero-order valence-corrected chi connectivity index (χ0v) is 12.6. The van der Waals surface area contributed by atoms with Gasteiger partial charge in [-0.05, 0) is 38.6 Å². The highest BCUT2D eigenvalue weighted by Gasteiger charge is 2.46. The second kappa shape index (κ2) is 4.96. The molecule has 2 rings (SSSR count). The van der Waals surface area contributed by atoms with Crippen LogP contribution in [0.25, 0.3) is 0 Å². The Kier molecular flexibility index (Phi) is 3.67. The van der Waals surface area contributed by atoms with E-state index in [0.717, 1.165) is 11.3 Å². The zero-order valence-electron chi connectivity index (χ0n) is 11.8. The van der Waals surface area contributed by atoms with Crippen molar-refractivity contribution in [2.24, 2.45) is 0 Å². The molecule has 0 aliphatic carbocycles. The first kappa shape index (κ1) is 14.1. The average molecular weight is 280 g/mol. The second-order valence-electron chi connectivity index (χ2n) is 5.44. The van der Waals surface area contributed by atoms with Gasteiger partial charge in [0.15, 0.2) is 0 Å². The van der Waals surface area contributed by atoms with Crippen molar-refractivity contribution in [2.45, 2.75) is 51.7 Å². The van der Waals surface area contributed by atoms with E-state index in [-0.39, 0.29) is 17.9 Å². The molecule has 0 saturated carbocycles. The van der Waals surface area contributed by atoms with Crippen molar-refractivity contribution in [1.82, 2.24) is 10.2 Å². The number of thiophene rings is 1. The molecule has 0 radical (unpaired) electrons. The van der Waals surface area contributed by atoms with Crippen molar-refractivity contribution in [3.05, 3.63) is 22.4 Å². The van der Waals surface area contributed by atoms with Gasteiger partial charge in [0.1, 0.15) is 11.6 Å². The van der Waals surface area contributed by atoms with Crippen LogP contribution in [0.4, 0.5) is 0 Å². The van der Waals surface area contributed by atoms with E-state index >= 15 is 0 Å². The van der Waals surface area contributed by atoms with Gasteiger partial charge in [-0.25, -0.2) is 0 Å². The Morgan fingerprint density at radius 3 is 2.68 bits per heavy atom. The number of hydrogen-bond donors (Lipinski definition) is 1. The van der Waals surface area contributed by atoms with Crippen LogP contribution in [0, 0.1) is 0 Å². The van der Waals surface area contributed by atoms with Gasteiger partial charge < -0.3 is 10.2 Å². The number of nitrogens with zero attached hydrogens (tertiary/aromatic N) is 1. The molecule has 1 fully saturated rings. The highest BCUT2D eigenvalue weighted by molar-refractivity contribution is 7.10. The number of amides is 2. The fraction of sp³-hybridized carbons (Fsp3) is 0.571. The summed E-state index contributed by atoms with van der Waals surface area (Å²) in [5.74, 6) is -0.0977. The summed E-state index contributed by atoms with van der Waals surface area (Å²) < 4.78 is 0. The Balaban J connectivity index is 2.39. The van der Waals surface area contributed by atoms with E-state index in [2.05, 4.69) is 5.32 Å². The molecule has 2 unspecified atom stereocenters. The fourth-order valence-corrected chi connectivity index (χ4v) is 3.43. The first-order valence-corrected chi connectivity index (χ1v) is 7.44. The molecule has 5 heteroatoms. The number of hydrogen-bond acceptors (Lipinski definition) is 3. The summed E-state index contributed by atoms with van der Waals surface area (Å²) in [6.45, 7) is 7.35. The zero-order chi connectivity index (χ0) is 14.2. The predicted molar refractivity (Wildman–Crippen MR) is 75.9 cm³/mol. The predicted octanol–water partition coefficient (Wildman–Crippen LogP) is 2.32. The number of carbonyl (C=O) groups is 2. The molecule has 1 aliphatic heterocycles. The second-order valence-corrected chi connectivity index (χ2v) is 6.42. The Hall–Kier alpha value is -1.36. The molecule has 2 amide bonds. The normalized spacial score (nSPS) is 24.2. The lowest BCUT2D eigenvalue weighted by atomic mass is 9.94. The van der Waals surface area contributed by atoms with E-state index in [1.807, 2.05) is 24.4 Å². The van der Waals surface area contributed by atoms with E-state index < -0.39 is 11.6 Å². The third-order valence-corrected chi connectivity index (χ3v) is 4.57. The van der Waals surface area contributed by atoms with Crippen LogP contribution >= 0.6 is 11.3 Å². The summed E-state index contributed by atoms with van der Waals surface area (Å²) in [7, 11) is 0. The summed E-state index contributed by atoms with van der Waals surface area (Å²) >= 11 is 1.63. The van der Waals surface area contributed by atoms with Gasteiger partial charge in [-0.1, -0.05) is 13.0 Å². The van der Waals surface area contributed by atoms with Gasteiger partial charge in [-0.3, -0.25) is 9.59 Å². The van der Waals surface area contributed by atoms with E-state index in [1.165, 1.54) is 0 Å². The van der Waals surface area contributed by atoms with E-state index in [1.54, 1.807) is 37.0 Å². The van der Waals surface area contributed by atoms with Gasteiger partial charge in [0.2, 0.25) is 11.8 Å². The molecule has 2 heterocycles. The van der Waals surface area contributed by atoms with Crippen LogP contribution in [0.2, 0.25) is 0 Å². The van der Waals surface area contributed by atoms with Crippen molar-refractivity contribution in [3.63, 3.8) is 0 Å². The van der Waals surface area contributed by atoms with Crippen molar-refractivity contribution in [1.29, 1.82) is 0 Å². The number of rotatable bonds is 3. The molecule has 1 aromatic heterocycles. The van der Waals surface area contributed by atoms with E-state index in [0.29, 0.717) is 0 Å². The maximum atomic E-state index is 12.6. The minimum atomic E-state index is -0.825. The quantitative estimate of drug-likeness (QED) is 0.923. The summed E-state index contributed by atoms with van der Waals surface area (Å²) in [6, 6.07) is 3.56. The standard InChI is InChI=1S/C14H20N2O2S/c1-5-10(11-7-6-8-19-11)16-9(2)12(17)15-14(3,4)13(16)18/h6-10H,5H2,1-4H3,(H,15,17). The molecule has 4 nitrogen and oxygen atoms in total. The SMILES string of the molecule is CCC(c1cccs1)N1C(=O)C(C)(C)NC(=O)C1C. The van der Waals surface area contributed by atoms with Gasteiger partial charge in [0, 0.05) is 4.88 Å². The van der Waals surface area contributed by atoms with Gasteiger partial charge in [-0.2, -0.15) is 0 Å². The van der Waals surface area contributed by atoms with Crippen LogP contribution in [-0.2, 0) is 9.59 Å². The average Bonchev–Trinajstić information content (AvgIpc) is 2.85. The van der Waals surface area contributed by atoms with Crippen LogP contribution in [0.1, 0.15) is 45.0 Å². The Labute approximate surface area is 117 Å². The first-order valence-electron chi connectivity index (χ1n) is 6.56. The number of piperazine rings is 1. The highest BCUT2D eigenvalue weighted by Crippen LogP contribution is 2.33. The summed E-state index contributed by atoms with van der Waals surface area (Å²) in [5.41, 5.74) is -0.825. The smallest absolute Gasteiger partial charge is 0.248 e. The van der Waals surface area contributed by atoms with Gasteiger partial charge in [0.05, 0.1) is 6.04 Å². The minimum absolute atomic E-state index is 0.0140. The monoisotopic (exact) mass is 280 g/mol. The molecule has 0 aromatic carbocycles. The summed E-state index contributed by atoms with van der Waals surface area (Å²) in [5, 5.41) is 4.78.